The van der Waals surface area contributed by atoms with Gasteiger partial charge < -0.3 is 9.47 Å². The Morgan fingerprint density at radius 2 is 1.77 bits per heavy atom. The second kappa shape index (κ2) is 9.79. The molecule has 2 aromatic rings. The maximum atomic E-state index is 11.9. The van der Waals surface area contributed by atoms with Crippen molar-refractivity contribution in [2.75, 3.05) is 13.2 Å². The predicted octanol–water partition coefficient (Wildman–Crippen LogP) is 2.49. The molecule has 2 rings (SSSR count). The minimum absolute atomic E-state index is 0.203. The number of hydrazine groups is 1. The lowest BCUT2D eigenvalue weighted by Crippen LogP contribution is -2.43. The smallest absolute Gasteiger partial charge is 0.344 e. The molecule has 0 spiro atoms. The molecule has 2 aromatic carbocycles. The number of nitrogens with one attached hydrogen (secondary N) is 2. The highest BCUT2D eigenvalue weighted by atomic mass is 79.9. The van der Waals surface area contributed by atoms with E-state index in [0.717, 1.165) is 4.47 Å². The van der Waals surface area contributed by atoms with Crippen LogP contribution in [0.5, 0.6) is 5.75 Å². The molecule has 0 heterocycles. The summed E-state index contributed by atoms with van der Waals surface area (Å²) in [6, 6.07) is 13.3. The fourth-order valence-electron chi connectivity index (χ4n) is 1.76. The van der Waals surface area contributed by atoms with Gasteiger partial charge in [-0.25, -0.2) is 4.79 Å². The van der Waals surface area contributed by atoms with E-state index in [4.69, 9.17) is 21.1 Å². The number of carbonyl (C=O) groups excluding carboxylic acids is 3. The van der Waals surface area contributed by atoms with Crippen LogP contribution in [0.1, 0.15) is 10.4 Å². The third-order valence-corrected chi connectivity index (χ3v) is 3.77. The molecule has 0 aromatic heterocycles. The van der Waals surface area contributed by atoms with E-state index in [1.54, 1.807) is 36.4 Å². The predicted molar refractivity (Wildman–Crippen MR) is 97.7 cm³/mol. The van der Waals surface area contributed by atoms with E-state index >= 15 is 0 Å². The van der Waals surface area contributed by atoms with Crippen molar-refractivity contribution in [1.29, 1.82) is 0 Å². The topological polar surface area (TPSA) is 93.7 Å². The van der Waals surface area contributed by atoms with Crippen LogP contribution in [0, 0.1) is 0 Å². The van der Waals surface area contributed by atoms with E-state index < -0.39 is 24.4 Å². The first-order chi connectivity index (χ1) is 12.5. The van der Waals surface area contributed by atoms with Gasteiger partial charge in [-0.2, -0.15) is 0 Å². The lowest BCUT2D eigenvalue weighted by Gasteiger charge is -2.09. The quantitative estimate of drug-likeness (QED) is 0.531. The number of ether oxygens (including phenoxy) is 2. The van der Waals surface area contributed by atoms with Gasteiger partial charge in [-0.1, -0.05) is 45.7 Å². The monoisotopic (exact) mass is 440 g/mol. The van der Waals surface area contributed by atoms with E-state index in [2.05, 4.69) is 26.8 Å². The first-order valence-corrected chi connectivity index (χ1v) is 8.50. The SMILES string of the molecule is O=C(COC(=O)COc1cccc(Br)c1)NNC(=O)c1ccccc1Cl. The number of rotatable bonds is 6. The molecule has 0 saturated heterocycles. The number of hydrogen-bond acceptors (Lipinski definition) is 5. The van der Waals surface area contributed by atoms with E-state index in [9.17, 15) is 14.4 Å². The number of esters is 1. The molecule has 0 atom stereocenters. The molecular weight excluding hydrogens is 428 g/mol. The van der Waals surface area contributed by atoms with Crippen LogP contribution in [0.4, 0.5) is 0 Å². The summed E-state index contributed by atoms with van der Waals surface area (Å²) in [7, 11) is 0. The number of hydrogen-bond donors (Lipinski definition) is 2. The first kappa shape index (κ1) is 19.7. The third-order valence-electron chi connectivity index (χ3n) is 2.95. The minimum Gasteiger partial charge on any atom is -0.482 e. The Labute approximate surface area is 162 Å². The summed E-state index contributed by atoms with van der Waals surface area (Å²) in [5.74, 6) is -1.54. The van der Waals surface area contributed by atoms with Crippen molar-refractivity contribution < 1.29 is 23.9 Å². The van der Waals surface area contributed by atoms with Crippen LogP contribution in [0.15, 0.2) is 53.0 Å². The molecule has 0 bridgehead atoms. The van der Waals surface area contributed by atoms with Crippen molar-refractivity contribution in [3.63, 3.8) is 0 Å². The summed E-state index contributed by atoms with van der Waals surface area (Å²) in [5.41, 5.74) is 4.50. The molecule has 0 radical (unpaired) electrons. The molecule has 0 fully saturated rings. The fourth-order valence-corrected chi connectivity index (χ4v) is 2.36. The van der Waals surface area contributed by atoms with E-state index in [1.807, 2.05) is 6.07 Å². The lowest BCUT2D eigenvalue weighted by atomic mass is 10.2. The summed E-state index contributed by atoms with van der Waals surface area (Å²) < 4.78 is 10.8. The Balaban J connectivity index is 1.69. The van der Waals surface area contributed by atoms with Crippen LogP contribution in [-0.4, -0.2) is 31.0 Å². The van der Waals surface area contributed by atoms with Gasteiger partial charge >= 0.3 is 5.97 Å². The summed E-state index contributed by atoms with van der Waals surface area (Å²) in [5, 5.41) is 0.246. The molecule has 26 heavy (non-hydrogen) atoms. The van der Waals surface area contributed by atoms with Crippen LogP contribution < -0.4 is 15.6 Å². The van der Waals surface area contributed by atoms with Crippen LogP contribution in [0.2, 0.25) is 5.02 Å². The molecule has 9 heteroatoms. The van der Waals surface area contributed by atoms with Gasteiger partial charge in [-0.05, 0) is 30.3 Å². The number of carbonyl (C=O) groups is 3. The van der Waals surface area contributed by atoms with Crippen LogP contribution in [0.3, 0.4) is 0 Å². The van der Waals surface area contributed by atoms with Gasteiger partial charge in [0.05, 0.1) is 10.6 Å². The maximum Gasteiger partial charge on any atom is 0.344 e. The number of benzene rings is 2. The lowest BCUT2D eigenvalue weighted by molar-refractivity contribution is -0.150. The Morgan fingerprint density at radius 1 is 1.00 bits per heavy atom. The van der Waals surface area contributed by atoms with Crippen LogP contribution >= 0.6 is 27.5 Å². The molecule has 2 N–H and O–H groups in total. The Hall–Kier alpha value is -2.58. The van der Waals surface area contributed by atoms with Crippen molar-refractivity contribution in [3.05, 3.63) is 63.6 Å². The van der Waals surface area contributed by atoms with E-state index in [1.165, 1.54) is 6.07 Å². The average molecular weight is 442 g/mol. The second-order valence-electron chi connectivity index (χ2n) is 4.89. The van der Waals surface area contributed by atoms with Gasteiger partial charge in [-0.3, -0.25) is 20.4 Å². The van der Waals surface area contributed by atoms with Crippen LogP contribution in [-0.2, 0) is 14.3 Å². The van der Waals surface area contributed by atoms with Crippen LogP contribution in [0.25, 0.3) is 0 Å². The third kappa shape index (κ3) is 6.38. The highest BCUT2D eigenvalue weighted by Crippen LogP contribution is 2.17. The number of halogens is 2. The largest absolute Gasteiger partial charge is 0.482 e. The van der Waals surface area contributed by atoms with Crippen molar-refractivity contribution in [3.8, 4) is 5.75 Å². The number of amides is 2. The van der Waals surface area contributed by atoms with Gasteiger partial charge in [0.2, 0.25) is 0 Å². The van der Waals surface area contributed by atoms with Gasteiger partial charge in [0.25, 0.3) is 11.8 Å². The first-order valence-electron chi connectivity index (χ1n) is 7.33. The Kier molecular flexibility index (Phi) is 7.43. The second-order valence-corrected chi connectivity index (χ2v) is 6.21. The molecule has 7 nitrogen and oxygen atoms in total. The van der Waals surface area contributed by atoms with E-state index in [-0.39, 0.29) is 17.2 Å². The molecule has 136 valence electrons. The van der Waals surface area contributed by atoms with Crippen molar-refractivity contribution >= 4 is 45.3 Å². The summed E-state index contributed by atoms with van der Waals surface area (Å²) in [6.07, 6.45) is 0. The van der Waals surface area contributed by atoms with Gasteiger partial charge in [0.15, 0.2) is 13.2 Å². The molecule has 0 aliphatic rings. The molecule has 0 aliphatic heterocycles. The maximum absolute atomic E-state index is 11.9. The highest BCUT2D eigenvalue weighted by Gasteiger charge is 2.12. The summed E-state index contributed by atoms with van der Waals surface area (Å²) in [6.45, 7) is -0.917. The normalized spacial score (nSPS) is 9.92. The Morgan fingerprint density at radius 3 is 2.50 bits per heavy atom. The standard InChI is InChI=1S/C17H14BrClN2O5/c18-11-4-3-5-12(8-11)25-10-16(23)26-9-15(22)20-21-17(24)13-6-1-2-7-14(13)19/h1-8H,9-10H2,(H,20,22)(H,21,24). The zero-order valence-corrected chi connectivity index (χ0v) is 15.7. The van der Waals surface area contributed by atoms with Gasteiger partial charge in [-0.15, -0.1) is 0 Å². The molecular formula is C17H14BrClN2O5. The van der Waals surface area contributed by atoms with Crippen molar-refractivity contribution in [1.82, 2.24) is 10.9 Å². The molecule has 0 unspecified atom stereocenters. The molecule has 2 amide bonds. The summed E-state index contributed by atoms with van der Waals surface area (Å²) in [4.78, 5) is 35.0. The van der Waals surface area contributed by atoms with Crippen molar-refractivity contribution in [2.45, 2.75) is 0 Å². The highest BCUT2D eigenvalue weighted by molar-refractivity contribution is 9.10. The Bertz CT molecular complexity index is 815. The van der Waals surface area contributed by atoms with Crippen molar-refractivity contribution in [2.24, 2.45) is 0 Å². The molecule has 0 aliphatic carbocycles. The average Bonchev–Trinajstić information content (AvgIpc) is 2.63. The van der Waals surface area contributed by atoms with E-state index in [0.29, 0.717) is 5.75 Å². The van der Waals surface area contributed by atoms with Gasteiger partial charge in [0.1, 0.15) is 5.75 Å². The molecule has 0 saturated carbocycles. The minimum atomic E-state index is -0.724. The zero-order valence-electron chi connectivity index (χ0n) is 13.3. The summed E-state index contributed by atoms with van der Waals surface area (Å²) >= 11 is 9.15. The fraction of sp³-hybridized carbons (Fsp3) is 0.118. The zero-order chi connectivity index (χ0) is 18.9. The van der Waals surface area contributed by atoms with Gasteiger partial charge in [0, 0.05) is 4.47 Å².